The van der Waals surface area contributed by atoms with Gasteiger partial charge in [-0.3, -0.25) is 9.59 Å². The molecule has 0 saturated carbocycles. The summed E-state index contributed by atoms with van der Waals surface area (Å²) in [6, 6.07) is 17.4. The first-order valence-electron chi connectivity index (χ1n) is 11.1. The highest BCUT2D eigenvalue weighted by atomic mass is 32.2. The van der Waals surface area contributed by atoms with Gasteiger partial charge < -0.3 is 15.1 Å². The second-order valence-corrected chi connectivity index (χ2v) is 9.39. The molecule has 2 aromatic carbocycles. The number of rotatable bonds is 9. The molecule has 0 aliphatic heterocycles. The van der Waals surface area contributed by atoms with Crippen molar-refractivity contribution < 1.29 is 9.59 Å². The maximum atomic E-state index is 13.1. The molecule has 0 fully saturated rings. The monoisotopic (exact) mass is 477 g/mol. The molecule has 0 spiro atoms. The van der Waals surface area contributed by atoms with Crippen LogP contribution in [-0.2, 0) is 16.1 Å². The van der Waals surface area contributed by atoms with Gasteiger partial charge >= 0.3 is 0 Å². The van der Waals surface area contributed by atoms with E-state index in [2.05, 4.69) is 15.3 Å². The number of nitrogens with zero attached hydrogens (tertiary/aromatic N) is 4. The van der Waals surface area contributed by atoms with Gasteiger partial charge in [-0.15, -0.1) is 0 Å². The molecule has 0 aliphatic carbocycles. The van der Waals surface area contributed by atoms with Crippen LogP contribution in [0.25, 0.3) is 0 Å². The summed E-state index contributed by atoms with van der Waals surface area (Å²) in [6.07, 6.45) is 0. The zero-order valence-electron chi connectivity index (χ0n) is 20.3. The van der Waals surface area contributed by atoms with Crippen LogP contribution in [0.1, 0.15) is 22.5 Å². The van der Waals surface area contributed by atoms with Gasteiger partial charge in [0.2, 0.25) is 11.8 Å². The van der Waals surface area contributed by atoms with E-state index in [4.69, 9.17) is 0 Å². The maximum Gasteiger partial charge on any atom is 0.244 e. The lowest BCUT2D eigenvalue weighted by Gasteiger charge is -2.22. The number of amides is 2. The van der Waals surface area contributed by atoms with Crippen molar-refractivity contribution in [3.63, 3.8) is 0 Å². The first-order chi connectivity index (χ1) is 16.2. The van der Waals surface area contributed by atoms with Crippen LogP contribution in [-0.4, -0.2) is 53.1 Å². The number of thioether (sulfide) groups is 1. The fraction of sp³-hybridized carbons (Fsp3) is 0.308. The van der Waals surface area contributed by atoms with Crippen LogP contribution in [0.15, 0.2) is 59.8 Å². The van der Waals surface area contributed by atoms with Crippen molar-refractivity contribution in [3.8, 4) is 0 Å². The van der Waals surface area contributed by atoms with Crippen molar-refractivity contribution in [2.75, 3.05) is 36.6 Å². The predicted octanol–water partition coefficient (Wildman–Crippen LogP) is 4.23. The molecule has 0 aliphatic rings. The Bertz CT molecular complexity index is 1110. The highest BCUT2D eigenvalue weighted by Crippen LogP contribution is 2.18. The summed E-state index contributed by atoms with van der Waals surface area (Å²) in [5.41, 5.74) is 5.56. The number of aromatic nitrogens is 2. The zero-order valence-corrected chi connectivity index (χ0v) is 21.1. The highest BCUT2D eigenvalue weighted by Gasteiger charge is 2.19. The van der Waals surface area contributed by atoms with Crippen molar-refractivity contribution in [2.45, 2.75) is 32.5 Å². The second-order valence-electron chi connectivity index (χ2n) is 8.45. The summed E-state index contributed by atoms with van der Waals surface area (Å²) in [5.74, 6) is -0.239. The Balaban J connectivity index is 1.69. The molecule has 0 atom stereocenters. The molecule has 178 valence electrons. The Morgan fingerprint density at radius 1 is 0.912 bits per heavy atom. The molecule has 0 saturated heterocycles. The van der Waals surface area contributed by atoms with Crippen LogP contribution in [0.5, 0.6) is 0 Å². The molecule has 1 N–H and O–H groups in total. The van der Waals surface area contributed by atoms with Crippen molar-refractivity contribution in [1.82, 2.24) is 14.9 Å². The molecule has 7 nitrogen and oxygen atoms in total. The van der Waals surface area contributed by atoms with Gasteiger partial charge in [-0.2, -0.15) is 0 Å². The summed E-state index contributed by atoms with van der Waals surface area (Å²) < 4.78 is 0. The summed E-state index contributed by atoms with van der Waals surface area (Å²) >= 11 is 1.28. The molecule has 3 rings (SSSR count). The number of anilines is 2. The Morgan fingerprint density at radius 3 is 2.12 bits per heavy atom. The topological polar surface area (TPSA) is 78.4 Å². The van der Waals surface area contributed by atoms with Crippen molar-refractivity contribution >= 4 is 35.0 Å². The lowest BCUT2D eigenvalue weighted by molar-refractivity contribution is -0.132. The van der Waals surface area contributed by atoms with E-state index >= 15 is 0 Å². The minimum absolute atomic E-state index is 0.0452. The number of hydrogen-bond acceptors (Lipinski definition) is 6. The normalized spacial score (nSPS) is 10.6. The SMILES string of the molecule is Cc1ccc(CN(CC(=O)Nc2ccc(N(C)C)cc2)C(=O)CSc2nc(C)cc(C)n2)cc1. The minimum atomic E-state index is -0.245. The number of benzene rings is 2. The zero-order chi connectivity index (χ0) is 24.7. The number of carbonyl (C=O) groups excluding carboxylic acids is 2. The summed E-state index contributed by atoms with van der Waals surface area (Å²) in [4.78, 5) is 38.3. The summed E-state index contributed by atoms with van der Waals surface area (Å²) in [5, 5.41) is 3.46. The van der Waals surface area contributed by atoms with Crippen LogP contribution >= 0.6 is 11.8 Å². The standard InChI is InChI=1S/C26H31N5O2S/c1-18-6-8-21(9-7-18)15-31(25(33)17-34-26-27-19(2)14-20(3)28-26)16-24(32)29-22-10-12-23(13-11-22)30(4)5/h6-14H,15-17H2,1-5H3,(H,29,32). The Labute approximate surface area is 205 Å². The number of nitrogens with one attached hydrogen (secondary N) is 1. The maximum absolute atomic E-state index is 13.1. The van der Waals surface area contributed by atoms with E-state index in [0.717, 1.165) is 28.2 Å². The third-order valence-electron chi connectivity index (χ3n) is 5.14. The molecule has 3 aromatic rings. The molecule has 1 heterocycles. The average Bonchev–Trinajstić information content (AvgIpc) is 2.78. The van der Waals surface area contributed by atoms with Crippen LogP contribution < -0.4 is 10.2 Å². The largest absolute Gasteiger partial charge is 0.378 e. The molecule has 1 aromatic heterocycles. The third-order valence-corrected chi connectivity index (χ3v) is 5.97. The van der Waals surface area contributed by atoms with Crippen LogP contribution in [0.4, 0.5) is 11.4 Å². The fourth-order valence-electron chi connectivity index (χ4n) is 3.34. The molecular weight excluding hydrogens is 446 g/mol. The van der Waals surface area contributed by atoms with Gasteiger partial charge in [-0.1, -0.05) is 41.6 Å². The average molecular weight is 478 g/mol. The van der Waals surface area contributed by atoms with E-state index in [1.165, 1.54) is 11.8 Å². The van der Waals surface area contributed by atoms with Crippen LogP contribution in [0.3, 0.4) is 0 Å². The predicted molar refractivity (Wildman–Crippen MR) is 138 cm³/mol. The number of aryl methyl sites for hydroxylation is 3. The quantitative estimate of drug-likeness (QED) is 0.367. The van der Waals surface area contributed by atoms with Gasteiger partial charge in [-0.25, -0.2) is 9.97 Å². The van der Waals surface area contributed by atoms with Gasteiger partial charge in [0.25, 0.3) is 0 Å². The van der Waals surface area contributed by atoms with E-state index < -0.39 is 0 Å². The van der Waals surface area contributed by atoms with Crippen molar-refractivity contribution in [3.05, 3.63) is 77.1 Å². The molecular formula is C26H31N5O2S. The van der Waals surface area contributed by atoms with Crippen molar-refractivity contribution in [1.29, 1.82) is 0 Å². The first kappa shape index (κ1) is 25.2. The van der Waals surface area contributed by atoms with E-state index in [-0.39, 0.29) is 24.1 Å². The number of hydrogen-bond donors (Lipinski definition) is 1. The lowest BCUT2D eigenvalue weighted by atomic mass is 10.1. The van der Waals surface area contributed by atoms with E-state index in [0.29, 0.717) is 17.4 Å². The number of carbonyl (C=O) groups is 2. The van der Waals surface area contributed by atoms with Crippen molar-refractivity contribution in [2.24, 2.45) is 0 Å². The van der Waals surface area contributed by atoms with Gasteiger partial charge in [0.15, 0.2) is 5.16 Å². The van der Waals surface area contributed by atoms with Gasteiger partial charge in [0.05, 0.1) is 5.75 Å². The fourth-order valence-corrected chi connectivity index (χ4v) is 4.19. The molecule has 0 unspecified atom stereocenters. The second kappa shape index (κ2) is 11.7. The minimum Gasteiger partial charge on any atom is -0.378 e. The van der Waals surface area contributed by atoms with Gasteiger partial charge in [0.1, 0.15) is 6.54 Å². The highest BCUT2D eigenvalue weighted by molar-refractivity contribution is 7.99. The van der Waals surface area contributed by atoms with E-state index in [9.17, 15) is 9.59 Å². The first-order valence-corrected chi connectivity index (χ1v) is 12.0. The van der Waals surface area contributed by atoms with E-state index in [1.807, 2.05) is 94.4 Å². The Hall–Kier alpha value is -3.39. The molecule has 0 bridgehead atoms. The third kappa shape index (κ3) is 7.59. The summed E-state index contributed by atoms with van der Waals surface area (Å²) in [7, 11) is 3.92. The molecule has 8 heteroatoms. The molecule has 34 heavy (non-hydrogen) atoms. The smallest absolute Gasteiger partial charge is 0.244 e. The van der Waals surface area contributed by atoms with E-state index in [1.54, 1.807) is 4.90 Å². The lowest BCUT2D eigenvalue weighted by Crippen LogP contribution is -2.38. The molecule has 2 amide bonds. The summed E-state index contributed by atoms with van der Waals surface area (Å²) in [6.45, 7) is 6.12. The Kier molecular flexibility index (Phi) is 8.65. The molecule has 0 radical (unpaired) electrons. The van der Waals surface area contributed by atoms with Gasteiger partial charge in [-0.05, 0) is 56.7 Å². The van der Waals surface area contributed by atoms with Crippen LogP contribution in [0.2, 0.25) is 0 Å². The Morgan fingerprint density at radius 2 is 1.53 bits per heavy atom. The van der Waals surface area contributed by atoms with Crippen LogP contribution in [0, 0.1) is 20.8 Å². The van der Waals surface area contributed by atoms with Gasteiger partial charge in [0, 0.05) is 43.4 Å².